The van der Waals surface area contributed by atoms with Gasteiger partial charge in [-0.25, -0.2) is 0 Å². The Bertz CT molecular complexity index is 667. The van der Waals surface area contributed by atoms with Gasteiger partial charge in [0.15, 0.2) is 0 Å². The van der Waals surface area contributed by atoms with Gasteiger partial charge in [-0.2, -0.15) is 0 Å². The van der Waals surface area contributed by atoms with Crippen LogP contribution in [0, 0.1) is 0 Å². The minimum atomic E-state index is -0.988. The molecule has 1 aliphatic carbocycles. The van der Waals surface area contributed by atoms with E-state index in [4.69, 9.17) is 10.2 Å². The fourth-order valence-electron chi connectivity index (χ4n) is 3.56. The van der Waals surface area contributed by atoms with Crippen molar-refractivity contribution in [2.24, 2.45) is 0 Å². The molecule has 0 amide bonds. The van der Waals surface area contributed by atoms with E-state index in [1.807, 2.05) is 4.90 Å². The van der Waals surface area contributed by atoms with Crippen LogP contribution in [0.1, 0.15) is 36.8 Å². The van der Waals surface area contributed by atoms with Crippen molar-refractivity contribution in [3.63, 3.8) is 0 Å². The van der Waals surface area contributed by atoms with Crippen LogP contribution in [0.2, 0.25) is 0 Å². The Morgan fingerprint density at radius 2 is 1.54 bits per heavy atom. The third-order valence-corrected chi connectivity index (χ3v) is 4.73. The predicted octanol–water partition coefficient (Wildman–Crippen LogP) is -1.03. The maximum absolute atomic E-state index is 11.4. The molecule has 1 aliphatic rings. The van der Waals surface area contributed by atoms with Gasteiger partial charge in [-0.3, -0.25) is 19.3 Å². The topological polar surface area (TPSA) is 129 Å². The molecule has 0 bridgehead atoms. The second kappa shape index (κ2) is 12.7. The summed E-state index contributed by atoms with van der Waals surface area (Å²) in [6, 6.07) is 6.76. The van der Waals surface area contributed by atoms with Crippen LogP contribution in [-0.2, 0) is 27.3 Å². The molecule has 148 valence electrons. The normalized spacial score (nSPS) is 19.0. The van der Waals surface area contributed by atoms with Crippen molar-refractivity contribution in [2.75, 3.05) is 13.1 Å². The van der Waals surface area contributed by atoms with Crippen LogP contribution in [-0.4, -0.2) is 63.3 Å². The summed E-state index contributed by atoms with van der Waals surface area (Å²) in [4.78, 5) is 34.8. The average Bonchev–Trinajstić information content (AvgIpc) is 2.60. The van der Waals surface area contributed by atoms with Gasteiger partial charge in [0.1, 0.15) is 0 Å². The second-order valence-corrected chi connectivity index (χ2v) is 6.84. The molecule has 28 heavy (non-hydrogen) atoms. The molecule has 1 aromatic carbocycles. The number of aliphatic carboxylic acids is 3. The Hall–Kier alpha value is -0.814. The maximum atomic E-state index is 11.4. The van der Waals surface area contributed by atoms with Crippen molar-refractivity contribution in [3.05, 3.63) is 40.7 Å². The molecular weight excluding hydrogens is 391 g/mol. The van der Waals surface area contributed by atoms with Gasteiger partial charge in [0, 0.05) is 6.54 Å². The van der Waals surface area contributed by atoms with Crippen molar-refractivity contribution in [1.29, 1.82) is 0 Å². The van der Waals surface area contributed by atoms with Crippen LogP contribution in [0.5, 0.6) is 0 Å². The summed E-state index contributed by atoms with van der Waals surface area (Å²) >= 11 is 0. The standard InChI is InChI=1S/C19H25N2O6.K/c22-17(23)9-13-5-7-14(8-6-13)11-21(12-19(26)27)16-4-2-1-3-15(16)20-10-18(24)25;/h5-8,15-16H,1-4,9-12H2,(H,22,23)(H,24,25)(H,26,27);/q-1;+1. The fraction of sp³-hybridized carbons (Fsp3) is 0.526. The molecule has 1 aromatic rings. The summed E-state index contributed by atoms with van der Waals surface area (Å²) in [5.74, 6) is -2.83. The van der Waals surface area contributed by atoms with Gasteiger partial charge >= 0.3 is 63.3 Å². The Kier molecular flexibility index (Phi) is 11.4. The number of carboxylic acid groups (broad SMARTS) is 3. The fourth-order valence-corrected chi connectivity index (χ4v) is 3.56. The van der Waals surface area contributed by atoms with Crippen molar-refractivity contribution < 1.29 is 81.1 Å². The molecular formula is C19H25KN2O6. The van der Waals surface area contributed by atoms with Crippen LogP contribution in [0.15, 0.2) is 24.3 Å². The summed E-state index contributed by atoms with van der Waals surface area (Å²) in [5, 5.41) is 31.3. The van der Waals surface area contributed by atoms with E-state index in [9.17, 15) is 19.5 Å². The first-order valence-electron chi connectivity index (χ1n) is 8.99. The summed E-state index contributed by atoms with van der Waals surface area (Å²) < 4.78 is 0. The molecule has 2 atom stereocenters. The van der Waals surface area contributed by atoms with E-state index >= 15 is 0 Å². The Morgan fingerprint density at radius 3 is 2.11 bits per heavy atom. The zero-order valence-electron chi connectivity index (χ0n) is 16.1. The van der Waals surface area contributed by atoms with Crippen LogP contribution >= 0.6 is 0 Å². The molecule has 3 N–H and O–H groups in total. The predicted molar refractivity (Wildman–Crippen MR) is 97.7 cm³/mol. The SMILES string of the molecule is O=C(O)C[N-]C1CCCCC1N(CC(=O)O)Cc1ccc(CC(=O)O)cc1.[K+]. The molecule has 2 rings (SSSR count). The van der Waals surface area contributed by atoms with Gasteiger partial charge in [-0.05, 0) is 30.1 Å². The van der Waals surface area contributed by atoms with Gasteiger partial charge in [-0.1, -0.05) is 43.5 Å². The summed E-state index contributed by atoms with van der Waals surface area (Å²) in [6.07, 6.45) is 3.38. The van der Waals surface area contributed by atoms with Crippen LogP contribution in [0.4, 0.5) is 0 Å². The average molecular weight is 417 g/mol. The van der Waals surface area contributed by atoms with Gasteiger partial charge in [0.2, 0.25) is 0 Å². The second-order valence-electron chi connectivity index (χ2n) is 6.84. The molecule has 2 unspecified atom stereocenters. The minimum Gasteiger partial charge on any atom is -0.649 e. The van der Waals surface area contributed by atoms with E-state index in [-0.39, 0.29) is 83.0 Å². The Labute approximate surface area is 206 Å². The molecule has 0 saturated heterocycles. The van der Waals surface area contributed by atoms with Crippen molar-refractivity contribution in [3.8, 4) is 0 Å². The molecule has 0 aromatic heterocycles. The summed E-state index contributed by atoms with van der Waals surface area (Å²) in [7, 11) is 0. The number of hydrogen-bond donors (Lipinski definition) is 3. The number of nitrogens with zero attached hydrogens (tertiary/aromatic N) is 2. The molecule has 1 saturated carbocycles. The quantitative estimate of drug-likeness (QED) is 0.416. The minimum absolute atomic E-state index is 0. The molecule has 9 heteroatoms. The summed E-state index contributed by atoms with van der Waals surface area (Å²) in [5.41, 5.74) is 1.57. The summed E-state index contributed by atoms with van der Waals surface area (Å²) in [6.45, 7) is -0.0317. The first-order valence-corrected chi connectivity index (χ1v) is 8.99. The molecule has 0 spiro atoms. The Balaban J connectivity index is 0.00000392. The van der Waals surface area contributed by atoms with Crippen molar-refractivity contribution >= 4 is 17.9 Å². The van der Waals surface area contributed by atoms with E-state index < -0.39 is 17.9 Å². The largest absolute Gasteiger partial charge is 1.00 e. The zero-order chi connectivity index (χ0) is 19.8. The third kappa shape index (κ3) is 8.69. The monoisotopic (exact) mass is 416 g/mol. The third-order valence-electron chi connectivity index (χ3n) is 4.73. The number of rotatable bonds is 10. The first kappa shape index (κ1) is 25.2. The number of carbonyl (C=O) groups is 3. The molecule has 0 aliphatic heterocycles. The number of hydrogen-bond acceptors (Lipinski definition) is 4. The molecule has 0 heterocycles. The van der Waals surface area contributed by atoms with Crippen molar-refractivity contribution in [2.45, 2.75) is 50.7 Å². The molecule has 8 nitrogen and oxygen atoms in total. The Morgan fingerprint density at radius 1 is 0.929 bits per heavy atom. The van der Waals surface area contributed by atoms with Crippen molar-refractivity contribution in [1.82, 2.24) is 4.90 Å². The van der Waals surface area contributed by atoms with E-state index in [0.29, 0.717) is 12.1 Å². The zero-order valence-corrected chi connectivity index (χ0v) is 19.2. The van der Waals surface area contributed by atoms with Gasteiger partial charge in [0.25, 0.3) is 5.97 Å². The van der Waals surface area contributed by atoms with Gasteiger partial charge in [-0.15, -0.1) is 6.04 Å². The molecule has 1 fully saturated rings. The number of carboxylic acids is 3. The van der Waals surface area contributed by atoms with E-state index in [0.717, 1.165) is 31.2 Å². The van der Waals surface area contributed by atoms with Crippen LogP contribution in [0.25, 0.3) is 5.32 Å². The van der Waals surface area contributed by atoms with Crippen LogP contribution in [0.3, 0.4) is 0 Å². The maximum Gasteiger partial charge on any atom is 1.00 e. The van der Waals surface area contributed by atoms with E-state index in [1.54, 1.807) is 24.3 Å². The molecule has 0 radical (unpaired) electrons. The van der Waals surface area contributed by atoms with E-state index in [1.165, 1.54) is 0 Å². The van der Waals surface area contributed by atoms with Gasteiger partial charge in [0.05, 0.1) is 13.0 Å². The first-order chi connectivity index (χ1) is 12.8. The van der Waals surface area contributed by atoms with Gasteiger partial charge < -0.3 is 20.6 Å². The van der Waals surface area contributed by atoms with E-state index in [2.05, 4.69) is 5.32 Å². The van der Waals surface area contributed by atoms with Crippen LogP contribution < -0.4 is 51.4 Å². The smallest absolute Gasteiger partial charge is 0.649 e. The number of benzene rings is 1.